The SMILES string of the molecule is COCCN1CCN(CCCOc2ccc(Nc3ncc(C(N)=O)cn3)cc2F)CC1. The van der Waals surface area contributed by atoms with Crippen LogP contribution < -0.4 is 15.8 Å². The molecule has 3 rings (SSSR count). The van der Waals surface area contributed by atoms with Crippen LogP contribution in [0.3, 0.4) is 0 Å². The van der Waals surface area contributed by atoms with E-state index >= 15 is 0 Å². The number of rotatable bonds is 11. The first kappa shape index (κ1) is 22.9. The zero-order valence-electron chi connectivity index (χ0n) is 17.7. The molecule has 31 heavy (non-hydrogen) atoms. The lowest BCUT2D eigenvalue weighted by Crippen LogP contribution is -2.47. The van der Waals surface area contributed by atoms with E-state index in [1.54, 1.807) is 19.2 Å². The highest BCUT2D eigenvalue weighted by Gasteiger charge is 2.16. The van der Waals surface area contributed by atoms with E-state index in [0.29, 0.717) is 12.3 Å². The molecule has 0 radical (unpaired) electrons. The minimum Gasteiger partial charge on any atom is -0.490 e. The van der Waals surface area contributed by atoms with Crippen LogP contribution in [-0.2, 0) is 4.74 Å². The van der Waals surface area contributed by atoms with Gasteiger partial charge in [0.2, 0.25) is 5.95 Å². The molecular formula is C21H29FN6O3. The molecule has 0 bridgehead atoms. The quantitative estimate of drug-likeness (QED) is 0.515. The van der Waals surface area contributed by atoms with Gasteiger partial charge >= 0.3 is 0 Å². The summed E-state index contributed by atoms with van der Waals surface area (Å²) in [5.41, 5.74) is 5.83. The lowest BCUT2D eigenvalue weighted by Gasteiger charge is -2.34. The summed E-state index contributed by atoms with van der Waals surface area (Å²) in [6, 6.07) is 4.58. The molecule has 0 spiro atoms. The molecule has 2 aromatic rings. The molecule has 0 unspecified atom stereocenters. The standard InChI is InChI=1S/C21H29FN6O3/c1-30-12-10-28-8-6-27(7-9-28)5-2-11-31-19-4-3-17(13-18(19)22)26-21-24-14-16(15-25-21)20(23)29/h3-4,13-15H,2,5-12H2,1H3,(H2,23,29)(H,24,25,26). The second-order valence-electron chi connectivity index (χ2n) is 7.31. The van der Waals surface area contributed by atoms with Gasteiger partial charge in [-0.1, -0.05) is 0 Å². The maximum Gasteiger partial charge on any atom is 0.251 e. The second-order valence-corrected chi connectivity index (χ2v) is 7.31. The predicted octanol–water partition coefficient (Wildman–Crippen LogP) is 1.49. The first-order valence-electron chi connectivity index (χ1n) is 10.3. The Morgan fingerprint density at radius 1 is 1.13 bits per heavy atom. The number of halogens is 1. The molecule has 1 amide bonds. The fraction of sp³-hybridized carbons (Fsp3) is 0.476. The molecular weight excluding hydrogens is 403 g/mol. The van der Waals surface area contributed by atoms with Crippen molar-refractivity contribution >= 4 is 17.5 Å². The number of benzene rings is 1. The number of nitrogens with zero attached hydrogens (tertiary/aromatic N) is 4. The Balaban J connectivity index is 1.39. The number of primary amides is 1. The number of hydrogen-bond acceptors (Lipinski definition) is 8. The summed E-state index contributed by atoms with van der Waals surface area (Å²) in [6.45, 7) is 7.26. The fourth-order valence-electron chi connectivity index (χ4n) is 3.27. The van der Waals surface area contributed by atoms with Crippen LogP contribution in [0.1, 0.15) is 16.8 Å². The molecule has 10 heteroatoms. The van der Waals surface area contributed by atoms with Crippen LogP contribution in [0.15, 0.2) is 30.6 Å². The highest BCUT2D eigenvalue weighted by Crippen LogP contribution is 2.23. The molecule has 3 N–H and O–H groups in total. The Morgan fingerprint density at radius 3 is 2.42 bits per heavy atom. The summed E-state index contributed by atoms with van der Waals surface area (Å²) in [5, 5.41) is 2.88. The van der Waals surface area contributed by atoms with Crippen molar-refractivity contribution in [3.05, 3.63) is 42.0 Å². The van der Waals surface area contributed by atoms with E-state index in [-0.39, 0.29) is 17.3 Å². The van der Waals surface area contributed by atoms with E-state index in [1.165, 1.54) is 18.5 Å². The number of carbonyl (C=O) groups excluding carboxylic acids is 1. The highest BCUT2D eigenvalue weighted by molar-refractivity contribution is 5.92. The largest absolute Gasteiger partial charge is 0.490 e. The molecule has 168 valence electrons. The fourth-order valence-corrected chi connectivity index (χ4v) is 3.27. The second kappa shape index (κ2) is 11.5. The van der Waals surface area contributed by atoms with E-state index < -0.39 is 11.7 Å². The van der Waals surface area contributed by atoms with Crippen molar-refractivity contribution in [3.63, 3.8) is 0 Å². The number of carbonyl (C=O) groups is 1. The minimum absolute atomic E-state index is 0.202. The van der Waals surface area contributed by atoms with Crippen molar-refractivity contribution in [1.82, 2.24) is 19.8 Å². The third kappa shape index (κ3) is 7.12. The summed E-state index contributed by atoms with van der Waals surface area (Å²) in [5.74, 6) is -0.630. The van der Waals surface area contributed by atoms with Gasteiger partial charge in [0.05, 0.1) is 18.8 Å². The van der Waals surface area contributed by atoms with Gasteiger partial charge < -0.3 is 25.4 Å². The van der Waals surface area contributed by atoms with Crippen LogP contribution in [0.25, 0.3) is 0 Å². The Kier molecular flexibility index (Phi) is 8.51. The van der Waals surface area contributed by atoms with E-state index in [9.17, 15) is 9.18 Å². The third-order valence-corrected chi connectivity index (χ3v) is 5.08. The Hall–Kier alpha value is -2.82. The molecule has 0 aliphatic carbocycles. The van der Waals surface area contributed by atoms with Gasteiger partial charge in [0.25, 0.3) is 5.91 Å². The normalized spacial score (nSPS) is 15.0. The van der Waals surface area contributed by atoms with Crippen molar-refractivity contribution in [2.75, 3.05) is 64.9 Å². The van der Waals surface area contributed by atoms with Crippen molar-refractivity contribution in [3.8, 4) is 5.75 Å². The monoisotopic (exact) mass is 432 g/mol. The number of methoxy groups -OCH3 is 1. The summed E-state index contributed by atoms with van der Waals surface area (Å²) in [4.78, 5) is 23.8. The van der Waals surface area contributed by atoms with Gasteiger partial charge in [-0.05, 0) is 18.6 Å². The lowest BCUT2D eigenvalue weighted by molar-refractivity contribution is 0.0940. The minimum atomic E-state index is -0.608. The molecule has 1 aliphatic rings. The molecule has 1 aromatic heterocycles. The zero-order valence-corrected chi connectivity index (χ0v) is 17.7. The third-order valence-electron chi connectivity index (χ3n) is 5.08. The van der Waals surface area contributed by atoms with E-state index in [4.69, 9.17) is 15.2 Å². The molecule has 0 saturated carbocycles. The lowest BCUT2D eigenvalue weighted by atomic mass is 10.2. The average molecular weight is 433 g/mol. The van der Waals surface area contributed by atoms with E-state index in [0.717, 1.165) is 52.3 Å². The number of aromatic nitrogens is 2. The predicted molar refractivity (Wildman–Crippen MR) is 115 cm³/mol. The number of amides is 1. The average Bonchev–Trinajstić information content (AvgIpc) is 2.77. The van der Waals surface area contributed by atoms with Gasteiger partial charge in [0, 0.05) is 70.5 Å². The van der Waals surface area contributed by atoms with Crippen LogP contribution in [-0.4, -0.2) is 85.3 Å². The number of hydrogen-bond donors (Lipinski definition) is 2. The van der Waals surface area contributed by atoms with Gasteiger partial charge in [0.1, 0.15) is 0 Å². The molecule has 1 aromatic carbocycles. The van der Waals surface area contributed by atoms with Crippen LogP contribution in [0.4, 0.5) is 16.0 Å². The number of nitrogens with one attached hydrogen (secondary N) is 1. The summed E-state index contributed by atoms with van der Waals surface area (Å²) in [6.07, 6.45) is 3.45. The van der Waals surface area contributed by atoms with E-state index in [1.807, 2.05) is 0 Å². The molecule has 0 atom stereocenters. The molecule has 1 aliphatic heterocycles. The van der Waals surface area contributed by atoms with Crippen molar-refractivity contribution in [2.24, 2.45) is 5.73 Å². The summed E-state index contributed by atoms with van der Waals surface area (Å²) < 4.78 is 25.1. The van der Waals surface area contributed by atoms with Crippen LogP contribution in [0, 0.1) is 5.82 Å². The van der Waals surface area contributed by atoms with Gasteiger partial charge in [-0.3, -0.25) is 9.69 Å². The van der Waals surface area contributed by atoms with Crippen LogP contribution in [0.2, 0.25) is 0 Å². The van der Waals surface area contributed by atoms with Crippen molar-refractivity contribution < 1.29 is 18.7 Å². The van der Waals surface area contributed by atoms with Crippen LogP contribution >= 0.6 is 0 Å². The first-order valence-corrected chi connectivity index (χ1v) is 10.3. The maximum absolute atomic E-state index is 14.4. The number of piperazine rings is 1. The molecule has 1 fully saturated rings. The number of anilines is 2. The summed E-state index contributed by atoms with van der Waals surface area (Å²) in [7, 11) is 1.73. The molecule has 1 saturated heterocycles. The molecule has 9 nitrogen and oxygen atoms in total. The van der Waals surface area contributed by atoms with E-state index in [2.05, 4.69) is 25.1 Å². The zero-order chi connectivity index (χ0) is 22.1. The summed E-state index contributed by atoms with van der Waals surface area (Å²) >= 11 is 0. The first-order chi connectivity index (χ1) is 15.0. The highest BCUT2D eigenvalue weighted by atomic mass is 19.1. The smallest absolute Gasteiger partial charge is 0.251 e. The van der Waals surface area contributed by atoms with Gasteiger partial charge in [0.15, 0.2) is 11.6 Å². The van der Waals surface area contributed by atoms with Gasteiger partial charge in [-0.25, -0.2) is 14.4 Å². The van der Waals surface area contributed by atoms with Gasteiger partial charge in [-0.15, -0.1) is 0 Å². The Bertz CT molecular complexity index is 844. The number of ether oxygens (including phenoxy) is 2. The topological polar surface area (TPSA) is 106 Å². The Morgan fingerprint density at radius 2 is 1.81 bits per heavy atom. The molecule has 2 heterocycles. The maximum atomic E-state index is 14.4. The van der Waals surface area contributed by atoms with Crippen molar-refractivity contribution in [1.29, 1.82) is 0 Å². The number of nitrogens with two attached hydrogens (primary N) is 1. The van der Waals surface area contributed by atoms with Gasteiger partial charge in [-0.2, -0.15) is 0 Å². The Labute approximate surface area is 181 Å². The van der Waals surface area contributed by atoms with Crippen LogP contribution in [0.5, 0.6) is 5.75 Å². The van der Waals surface area contributed by atoms with Crippen molar-refractivity contribution in [2.45, 2.75) is 6.42 Å².